The fraction of sp³-hybridized carbons (Fsp3) is 0.353. The Bertz CT molecular complexity index is 600. The average Bonchev–Trinajstić information content (AvgIpc) is 2.96. The maximum atomic E-state index is 12.7. The molecule has 0 bridgehead atoms. The van der Waals surface area contributed by atoms with Gasteiger partial charge in [0.2, 0.25) is 0 Å². The van der Waals surface area contributed by atoms with Crippen molar-refractivity contribution < 1.29 is 4.79 Å². The molecule has 0 aliphatic rings. The first-order valence-corrected chi connectivity index (χ1v) is 9.01. The third-order valence-corrected chi connectivity index (χ3v) is 5.05. The van der Waals surface area contributed by atoms with Crippen LogP contribution in [0.2, 0.25) is 0 Å². The summed E-state index contributed by atoms with van der Waals surface area (Å²) in [6, 6.07) is 11.9. The van der Waals surface area contributed by atoms with Crippen molar-refractivity contribution in [2.75, 3.05) is 6.26 Å². The van der Waals surface area contributed by atoms with Gasteiger partial charge >= 0.3 is 0 Å². The molecule has 0 spiro atoms. The minimum atomic E-state index is -0.0329. The van der Waals surface area contributed by atoms with Gasteiger partial charge in [0.25, 0.3) is 5.91 Å². The summed E-state index contributed by atoms with van der Waals surface area (Å²) in [6.45, 7) is 6.45. The van der Waals surface area contributed by atoms with Crippen LogP contribution in [0.3, 0.4) is 0 Å². The number of carbonyl (C=O) groups is 1. The standard InChI is InChI=1S/C17H21NOS2/c1-17(2,3)15(14-10-7-11-21-14)18-16(19)12-8-5-6-9-13(12)20-4/h5-11,15H,1-4H3,(H,18,19). The number of carbonyl (C=O) groups excluding carboxylic acids is 1. The summed E-state index contributed by atoms with van der Waals surface area (Å²) in [5.41, 5.74) is 0.713. The number of nitrogens with one attached hydrogen (secondary N) is 1. The van der Waals surface area contributed by atoms with Crippen molar-refractivity contribution in [1.29, 1.82) is 0 Å². The van der Waals surface area contributed by atoms with Gasteiger partial charge in [-0.3, -0.25) is 4.79 Å². The Morgan fingerprint density at radius 1 is 1.19 bits per heavy atom. The summed E-state index contributed by atoms with van der Waals surface area (Å²) in [5, 5.41) is 5.26. The van der Waals surface area contributed by atoms with E-state index in [0.29, 0.717) is 0 Å². The van der Waals surface area contributed by atoms with E-state index < -0.39 is 0 Å². The van der Waals surface area contributed by atoms with Crippen LogP contribution in [0.4, 0.5) is 0 Å². The Labute approximate surface area is 135 Å². The van der Waals surface area contributed by atoms with Crippen LogP contribution in [0.1, 0.15) is 42.0 Å². The monoisotopic (exact) mass is 319 g/mol. The maximum absolute atomic E-state index is 12.7. The van der Waals surface area contributed by atoms with Crippen LogP contribution in [0.25, 0.3) is 0 Å². The highest BCUT2D eigenvalue weighted by Crippen LogP contribution is 2.35. The van der Waals surface area contributed by atoms with E-state index in [2.05, 4.69) is 37.5 Å². The highest BCUT2D eigenvalue weighted by atomic mass is 32.2. The molecule has 0 aliphatic heterocycles. The number of thioether (sulfide) groups is 1. The van der Waals surface area contributed by atoms with Gasteiger partial charge in [0.15, 0.2) is 0 Å². The quantitative estimate of drug-likeness (QED) is 0.805. The molecule has 0 saturated carbocycles. The van der Waals surface area contributed by atoms with E-state index in [1.807, 2.05) is 36.6 Å². The van der Waals surface area contributed by atoms with Gasteiger partial charge in [-0.2, -0.15) is 0 Å². The molecule has 0 aliphatic carbocycles. The third kappa shape index (κ3) is 3.89. The first-order valence-electron chi connectivity index (χ1n) is 6.91. The highest BCUT2D eigenvalue weighted by molar-refractivity contribution is 7.98. The number of thiophene rings is 1. The molecule has 1 aromatic carbocycles. The molecule has 1 N–H and O–H groups in total. The second-order valence-electron chi connectivity index (χ2n) is 5.99. The number of hydrogen-bond acceptors (Lipinski definition) is 3. The van der Waals surface area contributed by atoms with Crippen LogP contribution in [0.5, 0.6) is 0 Å². The van der Waals surface area contributed by atoms with Gasteiger partial charge in [-0.1, -0.05) is 39.0 Å². The first kappa shape index (κ1) is 16.1. The maximum Gasteiger partial charge on any atom is 0.252 e. The summed E-state index contributed by atoms with van der Waals surface area (Å²) in [7, 11) is 0. The number of rotatable bonds is 4. The lowest BCUT2D eigenvalue weighted by Crippen LogP contribution is -2.36. The van der Waals surface area contributed by atoms with Crippen molar-refractivity contribution in [3.8, 4) is 0 Å². The number of hydrogen-bond donors (Lipinski definition) is 1. The van der Waals surface area contributed by atoms with Crippen LogP contribution < -0.4 is 5.32 Å². The Balaban J connectivity index is 2.27. The Hall–Kier alpha value is -1.26. The van der Waals surface area contributed by atoms with Gasteiger partial charge in [-0.15, -0.1) is 23.1 Å². The average molecular weight is 319 g/mol. The van der Waals surface area contributed by atoms with Crippen molar-refractivity contribution in [3.05, 3.63) is 52.2 Å². The lowest BCUT2D eigenvalue weighted by atomic mass is 9.85. The Morgan fingerprint density at radius 2 is 1.90 bits per heavy atom. The minimum Gasteiger partial charge on any atom is -0.344 e. The summed E-state index contributed by atoms with van der Waals surface area (Å²) < 4.78 is 0. The van der Waals surface area contributed by atoms with Crippen molar-refractivity contribution in [2.45, 2.75) is 31.7 Å². The van der Waals surface area contributed by atoms with E-state index in [1.54, 1.807) is 23.1 Å². The van der Waals surface area contributed by atoms with Crippen molar-refractivity contribution in [2.24, 2.45) is 5.41 Å². The van der Waals surface area contributed by atoms with E-state index in [1.165, 1.54) is 4.88 Å². The fourth-order valence-corrected chi connectivity index (χ4v) is 3.83. The van der Waals surface area contributed by atoms with Crippen LogP contribution in [0.15, 0.2) is 46.7 Å². The summed E-state index contributed by atoms with van der Waals surface area (Å²) in [5.74, 6) is -0.00623. The van der Waals surface area contributed by atoms with E-state index in [9.17, 15) is 4.79 Å². The molecule has 2 rings (SSSR count). The van der Waals surface area contributed by atoms with Gasteiger partial charge in [0, 0.05) is 9.77 Å². The molecule has 0 fully saturated rings. The Kier molecular flexibility index (Phi) is 5.12. The molecule has 2 aromatic rings. The smallest absolute Gasteiger partial charge is 0.252 e. The Morgan fingerprint density at radius 3 is 2.48 bits per heavy atom. The SMILES string of the molecule is CSc1ccccc1C(=O)NC(c1cccs1)C(C)(C)C. The molecular weight excluding hydrogens is 298 g/mol. The zero-order chi connectivity index (χ0) is 15.5. The van der Waals surface area contributed by atoms with Gasteiger partial charge in [-0.25, -0.2) is 0 Å². The summed E-state index contributed by atoms with van der Waals surface area (Å²) >= 11 is 3.28. The molecule has 4 heteroatoms. The third-order valence-electron chi connectivity index (χ3n) is 3.32. The first-order chi connectivity index (χ1) is 9.93. The molecule has 0 radical (unpaired) electrons. The molecule has 112 valence electrons. The molecule has 2 nitrogen and oxygen atoms in total. The number of amides is 1. The van der Waals surface area contributed by atoms with E-state index in [0.717, 1.165) is 10.5 Å². The predicted molar refractivity (Wildman–Crippen MR) is 92.2 cm³/mol. The highest BCUT2D eigenvalue weighted by Gasteiger charge is 2.29. The lowest BCUT2D eigenvalue weighted by molar-refractivity contribution is 0.0900. The molecule has 1 heterocycles. The molecule has 1 atom stereocenters. The largest absolute Gasteiger partial charge is 0.344 e. The van der Waals surface area contributed by atoms with Crippen molar-refractivity contribution in [3.63, 3.8) is 0 Å². The second kappa shape index (κ2) is 6.67. The van der Waals surface area contributed by atoms with Crippen LogP contribution in [0, 0.1) is 5.41 Å². The van der Waals surface area contributed by atoms with Crippen molar-refractivity contribution >= 4 is 29.0 Å². The summed E-state index contributed by atoms with van der Waals surface area (Å²) in [4.78, 5) is 14.9. The molecular formula is C17H21NOS2. The van der Waals surface area contributed by atoms with Crippen LogP contribution >= 0.6 is 23.1 Å². The van der Waals surface area contributed by atoms with Crippen LogP contribution in [-0.4, -0.2) is 12.2 Å². The lowest BCUT2D eigenvalue weighted by Gasteiger charge is -2.31. The fourth-order valence-electron chi connectivity index (χ4n) is 2.21. The zero-order valence-electron chi connectivity index (χ0n) is 12.8. The number of benzene rings is 1. The van der Waals surface area contributed by atoms with Gasteiger partial charge in [0.05, 0.1) is 11.6 Å². The summed E-state index contributed by atoms with van der Waals surface area (Å²) in [6.07, 6.45) is 1.99. The molecule has 21 heavy (non-hydrogen) atoms. The van der Waals surface area contributed by atoms with Crippen molar-refractivity contribution in [1.82, 2.24) is 5.32 Å². The van der Waals surface area contributed by atoms with E-state index >= 15 is 0 Å². The zero-order valence-corrected chi connectivity index (χ0v) is 14.5. The topological polar surface area (TPSA) is 29.1 Å². The molecule has 1 aromatic heterocycles. The van der Waals surface area contributed by atoms with Gasteiger partial charge in [0.1, 0.15) is 0 Å². The molecule has 1 unspecified atom stereocenters. The van der Waals surface area contributed by atoms with Gasteiger partial charge in [-0.05, 0) is 35.2 Å². The predicted octanol–water partition coefficient (Wildman–Crippen LogP) is 4.99. The molecule has 1 amide bonds. The van der Waals surface area contributed by atoms with Crippen LogP contribution in [-0.2, 0) is 0 Å². The van der Waals surface area contributed by atoms with Gasteiger partial charge < -0.3 is 5.32 Å². The normalized spacial score (nSPS) is 13.0. The van der Waals surface area contributed by atoms with E-state index in [-0.39, 0.29) is 17.4 Å². The van der Waals surface area contributed by atoms with E-state index in [4.69, 9.17) is 0 Å². The molecule has 0 saturated heterocycles. The second-order valence-corrected chi connectivity index (χ2v) is 7.82. The minimum absolute atomic E-state index is 0.00623.